The highest BCUT2D eigenvalue weighted by atomic mass is 16.4. The predicted octanol–water partition coefficient (Wildman–Crippen LogP) is 0.977. The molecule has 0 aromatic heterocycles. The molecule has 0 unspecified atom stereocenters. The van der Waals surface area contributed by atoms with E-state index < -0.39 is 12.0 Å². The number of aromatic carboxylic acids is 1. The summed E-state index contributed by atoms with van der Waals surface area (Å²) in [6, 6.07) is 4.47. The Morgan fingerprint density at radius 3 is 2.48 bits per heavy atom. The first-order valence-corrected chi connectivity index (χ1v) is 6.81. The van der Waals surface area contributed by atoms with E-state index in [2.05, 4.69) is 15.6 Å². The van der Waals surface area contributed by atoms with Crippen molar-refractivity contribution >= 4 is 17.7 Å². The molecule has 114 valence electrons. The average Bonchev–Trinajstić information content (AvgIpc) is 2.43. The van der Waals surface area contributed by atoms with Gasteiger partial charge >= 0.3 is 12.0 Å². The van der Waals surface area contributed by atoms with Gasteiger partial charge in [-0.15, -0.1) is 0 Å². The van der Waals surface area contributed by atoms with E-state index in [9.17, 15) is 9.59 Å². The number of hydrogen-bond donors (Lipinski definition) is 3. The van der Waals surface area contributed by atoms with Crippen molar-refractivity contribution in [1.29, 1.82) is 0 Å². The van der Waals surface area contributed by atoms with Crippen LogP contribution in [-0.4, -0.2) is 60.2 Å². The van der Waals surface area contributed by atoms with Crippen LogP contribution in [0.2, 0.25) is 0 Å². The van der Waals surface area contributed by atoms with Gasteiger partial charge in [-0.3, -0.25) is 5.43 Å². The molecule has 0 atom stereocenters. The number of para-hydroxylation sites is 1. The van der Waals surface area contributed by atoms with Crippen molar-refractivity contribution in [3.8, 4) is 0 Å². The summed E-state index contributed by atoms with van der Waals surface area (Å²) in [6.07, 6.45) is 0. The second-order valence-electron chi connectivity index (χ2n) is 5.16. The molecule has 1 aliphatic rings. The Bertz CT molecular complexity index is 539. The number of urea groups is 1. The molecule has 0 spiro atoms. The molecule has 0 bridgehead atoms. The number of rotatable bonds is 3. The zero-order valence-electron chi connectivity index (χ0n) is 12.2. The summed E-state index contributed by atoms with van der Waals surface area (Å²) >= 11 is 0. The second-order valence-corrected chi connectivity index (χ2v) is 5.16. The van der Waals surface area contributed by atoms with Gasteiger partial charge in [-0.25, -0.2) is 14.6 Å². The molecular formula is C14H20N4O3. The molecule has 1 fully saturated rings. The quantitative estimate of drug-likeness (QED) is 0.773. The highest BCUT2D eigenvalue weighted by Crippen LogP contribution is 2.20. The molecular weight excluding hydrogens is 272 g/mol. The monoisotopic (exact) mass is 292 g/mol. The van der Waals surface area contributed by atoms with Crippen molar-refractivity contribution in [2.75, 3.05) is 38.5 Å². The van der Waals surface area contributed by atoms with Crippen LogP contribution in [0.15, 0.2) is 18.2 Å². The first kappa shape index (κ1) is 15.3. The van der Waals surface area contributed by atoms with E-state index in [1.165, 1.54) is 6.07 Å². The van der Waals surface area contributed by atoms with E-state index in [4.69, 9.17) is 5.11 Å². The molecule has 1 saturated heterocycles. The maximum absolute atomic E-state index is 12.0. The summed E-state index contributed by atoms with van der Waals surface area (Å²) in [6.45, 7) is 5.00. The van der Waals surface area contributed by atoms with Crippen molar-refractivity contribution in [3.63, 3.8) is 0 Å². The smallest absolute Gasteiger partial charge is 0.337 e. The van der Waals surface area contributed by atoms with Crippen molar-refractivity contribution in [2.45, 2.75) is 6.92 Å². The molecule has 7 heteroatoms. The van der Waals surface area contributed by atoms with E-state index in [0.29, 0.717) is 11.3 Å². The lowest BCUT2D eigenvalue weighted by Gasteiger charge is -2.32. The van der Waals surface area contributed by atoms with Crippen LogP contribution >= 0.6 is 0 Å². The van der Waals surface area contributed by atoms with Gasteiger partial charge < -0.3 is 15.3 Å². The van der Waals surface area contributed by atoms with Crippen LogP contribution < -0.4 is 10.7 Å². The van der Waals surface area contributed by atoms with E-state index in [1.54, 1.807) is 19.1 Å². The Balaban J connectivity index is 2.01. The van der Waals surface area contributed by atoms with Gasteiger partial charge in [0.05, 0.1) is 11.3 Å². The molecule has 1 heterocycles. The van der Waals surface area contributed by atoms with Gasteiger partial charge in [-0.05, 0) is 25.6 Å². The number of aryl methyl sites for hydroxylation is 1. The molecule has 1 aromatic carbocycles. The molecule has 0 aliphatic carbocycles. The first-order chi connectivity index (χ1) is 9.97. The van der Waals surface area contributed by atoms with Gasteiger partial charge in [0, 0.05) is 26.2 Å². The van der Waals surface area contributed by atoms with Crippen LogP contribution in [0.5, 0.6) is 0 Å². The maximum atomic E-state index is 12.0. The third-order valence-corrected chi connectivity index (χ3v) is 3.50. The number of hydrazine groups is 1. The van der Waals surface area contributed by atoms with Gasteiger partial charge in [0.1, 0.15) is 0 Å². The normalized spacial score (nSPS) is 16.5. The Labute approximate surface area is 123 Å². The second kappa shape index (κ2) is 6.55. The van der Waals surface area contributed by atoms with Crippen LogP contribution in [-0.2, 0) is 0 Å². The number of carbonyl (C=O) groups is 2. The minimum Gasteiger partial charge on any atom is -0.478 e. The molecule has 1 aromatic rings. The Morgan fingerprint density at radius 1 is 1.19 bits per heavy atom. The van der Waals surface area contributed by atoms with Gasteiger partial charge in [-0.2, -0.15) is 0 Å². The number of likely N-dealkylation sites (N-methyl/N-ethyl adjacent to an activating group) is 1. The lowest BCUT2D eigenvalue weighted by molar-refractivity contribution is 0.0698. The highest BCUT2D eigenvalue weighted by Gasteiger charge is 2.18. The third-order valence-electron chi connectivity index (χ3n) is 3.50. The van der Waals surface area contributed by atoms with Gasteiger partial charge in [0.2, 0.25) is 0 Å². The number of nitrogens with one attached hydrogen (secondary N) is 2. The molecule has 0 radical (unpaired) electrons. The van der Waals surface area contributed by atoms with Crippen LogP contribution in [0.4, 0.5) is 10.5 Å². The molecule has 1 aliphatic heterocycles. The van der Waals surface area contributed by atoms with Crippen molar-refractivity contribution in [2.24, 2.45) is 0 Å². The van der Waals surface area contributed by atoms with E-state index in [-0.39, 0.29) is 5.56 Å². The maximum Gasteiger partial charge on any atom is 0.337 e. The highest BCUT2D eigenvalue weighted by molar-refractivity contribution is 6.00. The number of carboxylic acids is 1. The number of carboxylic acid groups (broad SMARTS) is 1. The van der Waals surface area contributed by atoms with Crippen LogP contribution in [0.3, 0.4) is 0 Å². The number of amides is 2. The fourth-order valence-electron chi connectivity index (χ4n) is 2.22. The van der Waals surface area contributed by atoms with E-state index in [0.717, 1.165) is 26.2 Å². The molecule has 0 saturated carbocycles. The molecule has 7 nitrogen and oxygen atoms in total. The minimum absolute atomic E-state index is 0.0866. The molecule has 21 heavy (non-hydrogen) atoms. The van der Waals surface area contributed by atoms with Gasteiger partial charge in [0.25, 0.3) is 0 Å². The number of anilines is 1. The largest absolute Gasteiger partial charge is 0.478 e. The number of hydrogen-bond acceptors (Lipinski definition) is 4. The lowest BCUT2D eigenvalue weighted by atomic mass is 10.1. The summed E-state index contributed by atoms with van der Waals surface area (Å²) in [5.74, 6) is -1.06. The SMILES string of the molecule is Cc1cccc(C(=O)O)c1NC(=O)NN1CCN(C)CC1. The lowest BCUT2D eigenvalue weighted by Crippen LogP contribution is -2.53. The summed E-state index contributed by atoms with van der Waals surface area (Å²) in [5.41, 5.74) is 3.87. The number of piperazine rings is 1. The van der Waals surface area contributed by atoms with Crippen molar-refractivity contribution in [1.82, 2.24) is 15.3 Å². The Hall–Kier alpha value is -2.12. The van der Waals surface area contributed by atoms with Crippen LogP contribution in [0.25, 0.3) is 0 Å². The summed E-state index contributed by atoms with van der Waals surface area (Å²) < 4.78 is 0. The zero-order chi connectivity index (χ0) is 15.4. The summed E-state index contributed by atoms with van der Waals surface area (Å²) in [7, 11) is 2.03. The van der Waals surface area contributed by atoms with E-state index in [1.807, 2.05) is 12.1 Å². The first-order valence-electron chi connectivity index (χ1n) is 6.81. The number of carbonyl (C=O) groups excluding carboxylic acids is 1. The topological polar surface area (TPSA) is 84.9 Å². The van der Waals surface area contributed by atoms with Crippen molar-refractivity contribution in [3.05, 3.63) is 29.3 Å². The van der Waals surface area contributed by atoms with E-state index >= 15 is 0 Å². The Kier molecular flexibility index (Phi) is 4.77. The fourth-order valence-corrected chi connectivity index (χ4v) is 2.22. The fraction of sp³-hybridized carbons (Fsp3) is 0.429. The molecule has 2 amide bonds. The zero-order valence-corrected chi connectivity index (χ0v) is 12.2. The number of benzene rings is 1. The van der Waals surface area contributed by atoms with Crippen LogP contribution in [0.1, 0.15) is 15.9 Å². The van der Waals surface area contributed by atoms with Crippen LogP contribution in [0, 0.1) is 6.92 Å². The van der Waals surface area contributed by atoms with Crippen molar-refractivity contribution < 1.29 is 14.7 Å². The predicted molar refractivity (Wildman–Crippen MR) is 79.4 cm³/mol. The molecule has 3 N–H and O–H groups in total. The Morgan fingerprint density at radius 2 is 1.86 bits per heavy atom. The summed E-state index contributed by atoms with van der Waals surface area (Å²) in [4.78, 5) is 25.4. The third kappa shape index (κ3) is 3.93. The standard InChI is InChI=1S/C14H20N4O3/c1-10-4-3-5-11(13(19)20)12(10)15-14(21)16-18-8-6-17(2)7-9-18/h3-5H,6-9H2,1-2H3,(H,19,20)(H2,15,16,21). The molecule has 2 rings (SSSR count). The summed E-state index contributed by atoms with van der Waals surface area (Å²) in [5, 5.41) is 13.6. The minimum atomic E-state index is -1.06. The number of nitrogens with zero attached hydrogens (tertiary/aromatic N) is 2. The average molecular weight is 292 g/mol. The van der Waals surface area contributed by atoms with Gasteiger partial charge in [0.15, 0.2) is 0 Å². The van der Waals surface area contributed by atoms with Gasteiger partial charge in [-0.1, -0.05) is 12.1 Å².